The van der Waals surface area contributed by atoms with Crippen LogP contribution in [0.5, 0.6) is 17.2 Å². The average molecular weight is 300 g/mol. The van der Waals surface area contributed by atoms with E-state index in [4.69, 9.17) is 4.74 Å². The van der Waals surface area contributed by atoms with E-state index < -0.39 is 0 Å². The summed E-state index contributed by atoms with van der Waals surface area (Å²) in [6, 6.07) is 7.21. The number of hydrogen-bond acceptors (Lipinski definition) is 7. The lowest BCUT2D eigenvalue weighted by molar-refractivity contribution is 0.174. The fourth-order valence-electron chi connectivity index (χ4n) is 2.59. The van der Waals surface area contributed by atoms with Gasteiger partial charge in [0.05, 0.1) is 0 Å². The molecule has 0 bridgehead atoms. The molecule has 2 aromatic carbocycles. The average Bonchev–Trinajstić information content (AvgIpc) is 2.53. The van der Waals surface area contributed by atoms with Gasteiger partial charge < -0.3 is 14.9 Å². The molecule has 2 aromatic rings. The standard InChI is InChI=1S/C15H12N2O5/c18-9-6-13(19)10-2-4-14(22-15(10)7-9)8-1-3-11(16-20)12(5-8)17-21/h1,3,5-7,14,18-19H,2,4H2/t14-/m0/s1. The lowest BCUT2D eigenvalue weighted by atomic mass is 9.96. The van der Waals surface area contributed by atoms with Gasteiger partial charge in [0.25, 0.3) is 0 Å². The molecule has 2 N–H and O–H groups in total. The van der Waals surface area contributed by atoms with Crippen LogP contribution in [0.15, 0.2) is 40.7 Å². The van der Waals surface area contributed by atoms with Crippen molar-refractivity contribution < 1.29 is 14.9 Å². The van der Waals surface area contributed by atoms with Gasteiger partial charge in [-0.3, -0.25) is 0 Å². The van der Waals surface area contributed by atoms with Crippen LogP contribution < -0.4 is 4.74 Å². The highest BCUT2D eigenvalue weighted by molar-refractivity contribution is 5.63. The van der Waals surface area contributed by atoms with Crippen LogP contribution in [-0.2, 0) is 6.42 Å². The Balaban J connectivity index is 1.94. The predicted molar refractivity (Wildman–Crippen MR) is 78.8 cm³/mol. The zero-order valence-corrected chi connectivity index (χ0v) is 11.4. The Morgan fingerprint density at radius 3 is 2.55 bits per heavy atom. The monoisotopic (exact) mass is 300 g/mol. The fraction of sp³-hybridized carbons (Fsp3) is 0.200. The Bertz CT molecular complexity index is 760. The number of rotatable bonds is 3. The maximum Gasteiger partial charge on any atom is 0.137 e. The third kappa shape index (κ3) is 2.37. The number of nitrogens with zero attached hydrogens (tertiary/aromatic N) is 2. The summed E-state index contributed by atoms with van der Waals surface area (Å²) in [6.07, 6.45) is 0.774. The first kappa shape index (κ1) is 14.0. The van der Waals surface area contributed by atoms with E-state index in [9.17, 15) is 20.0 Å². The van der Waals surface area contributed by atoms with Crippen molar-refractivity contribution in [3.8, 4) is 17.2 Å². The van der Waals surface area contributed by atoms with E-state index in [0.29, 0.717) is 29.7 Å². The van der Waals surface area contributed by atoms with E-state index in [2.05, 4.69) is 10.4 Å². The fourth-order valence-corrected chi connectivity index (χ4v) is 2.59. The van der Waals surface area contributed by atoms with Crippen LogP contribution in [0.3, 0.4) is 0 Å². The zero-order chi connectivity index (χ0) is 15.7. The Kier molecular flexibility index (Phi) is 3.46. The van der Waals surface area contributed by atoms with Crippen LogP contribution in [0.1, 0.15) is 23.7 Å². The van der Waals surface area contributed by atoms with Crippen LogP contribution in [0.4, 0.5) is 11.4 Å². The molecule has 0 amide bonds. The molecule has 1 atom stereocenters. The van der Waals surface area contributed by atoms with Crippen molar-refractivity contribution >= 4 is 11.4 Å². The molecule has 3 rings (SSSR count). The summed E-state index contributed by atoms with van der Waals surface area (Å²) < 4.78 is 5.78. The Morgan fingerprint density at radius 1 is 1.05 bits per heavy atom. The number of fused-ring (bicyclic) bond motifs is 1. The second kappa shape index (κ2) is 5.44. The van der Waals surface area contributed by atoms with Crippen molar-refractivity contribution in [1.29, 1.82) is 0 Å². The van der Waals surface area contributed by atoms with E-state index in [0.717, 1.165) is 0 Å². The normalized spacial score (nSPS) is 16.5. The molecule has 0 radical (unpaired) electrons. The highest BCUT2D eigenvalue weighted by Crippen LogP contribution is 2.42. The zero-order valence-electron chi connectivity index (χ0n) is 11.4. The summed E-state index contributed by atoms with van der Waals surface area (Å²) in [4.78, 5) is 21.3. The molecule has 1 heterocycles. The quantitative estimate of drug-likeness (QED) is 0.834. The molecular weight excluding hydrogens is 288 g/mol. The highest BCUT2D eigenvalue weighted by Gasteiger charge is 2.25. The van der Waals surface area contributed by atoms with Crippen molar-refractivity contribution in [3.63, 3.8) is 0 Å². The summed E-state index contributed by atoms with van der Waals surface area (Å²) in [5.41, 5.74) is 1.25. The second-order valence-electron chi connectivity index (χ2n) is 5.02. The Hall–Kier alpha value is -2.96. The third-order valence-corrected chi connectivity index (χ3v) is 3.66. The molecule has 112 valence electrons. The van der Waals surface area contributed by atoms with Crippen molar-refractivity contribution in [2.24, 2.45) is 10.4 Å². The van der Waals surface area contributed by atoms with Gasteiger partial charge in [-0.1, -0.05) is 6.07 Å². The molecule has 0 saturated carbocycles. The molecule has 0 saturated heterocycles. The second-order valence-corrected chi connectivity index (χ2v) is 5.02. The maximum absolute atomic E-state index is 10.8. The minimum atomic E-state index is -0.366. The van der Waals surface area contributed by atoms with Gasteiger partial charge in [0.15, 0.2) is 0 Å². The minimum Gasteiger partial charge on any atom is -0.508 e. The Labute approximate surface area is 125 Å². The molecule has 0 aromatic heterocycles. The van der Waals surface area contributed by atoms with Crippen LogP contribution in [0, 0.1) is 9.81 Å². The molecule has 0 spiro atoms. The summed E-state index contributed by atoms with van der Waals surface area (Å²) in [5, 5.41) is 24.9. The van der Waals surface area contributed by atoms with E-state index in [1.54, 1.807) is 6.07 Å². The summed E-state index contributed by atoms with van der Waals surface area (Å²) >= 11 is 0. The van der Waals surface area contributed by atoms with Crippen LogP contribution in [0.25, 0.3) is 0 Å². The first-order valence-electron chi connectivity index (χ1n) is 6.64. The summed E-state index contributed by atoms with van der Waals surface area (Å²) in [5.74, 6) is 0.295. The largest absolute Gasteiger partial charge is 0.508 e. The van der Waals surface area contributed by atoms with Crippen molar-refractivity contribution in [2.45, 2.75) is 18.9 Å². The number of nitroso groups, excluding NO2 is 2. The highest BCUT2D eigenvalue weighted by atomic mass is 16.5. The van der Waals surface area contributed by atoms with Gasteiger partial charge in [-0.2, -0.15) is 0 Å². The topological polar surface area (TPSA) is 109 Å². The lowest BCUT2D eigenvalue weighted by Crippen LogP contribution is -2.15. The molecule has 7 heteroatoms. The van der Waals surface area contributed by atoms with Gasteiger partial charge in [0.2, 0.25) is 0 Å². The number of aromatic hydroxyl groups is 2. The van der Waals surface area contributed by atoms with Crippen molar-refractivity contribution in [2.75, 3.05) is 0 Å². The molecular formula is C15H12N2O5. The Morgan fingerprint density at radius 2 is 1.82 bits per heavy atom. The first-order valence-corrected chi connectivity index (χ1v) is 6.64. The van der Waals surface area contributed by atoms with E-state index in [1.165, 1.54) is 24.3 Å². The maximum atomic E-state index is 10.8. The smallest absolute Gasteiger partial charge is 0.137 e. The molecule has 0 fully saturated rings. The number of hydrogen-bond donors (Lipinski definition) is 2. The van der Waals surface area contributed by atoms with Crippen LogP contribution in [-0.4, -0.2) is 10.2 Å². The molecule has 1 aliphatic rings. The number of ether oxygens (including phenoxy) is 1. The van der Waals surface area contributed by atoms with Gasteiger partial charge in [-0.25, -0.2) is 0 Å². The van der Waals surface area contributed by atoms with Crippen LogP contribution in [0.2, 0.25) is 0 Å². The van der Waals surface area contributed by atoms with Gasteiger partial charge in [-0.15, -0.1) is 9.81 Å². The van der Waals surface area contributed by atoms with Gasteiger partial charge >= 0.3 is 0 Å². The number of phenolic OH excluding ortho intramolecular Hbond substituents is 2. The summed E-state index contributed by atoms with van der Waals surface area (Å²) in [6.45, 7) is 0. The van der Waals surface area contributed by atoms with E-state index >= 15 is 0 Å². The predicted octanol–water partition coefficient (Wildman–Crippen LogP) is 3.96. The molecule has 0 aliphatic carbocycles. The lowest BCUT2D eigenvalue weighted by Gasteiger charge is -2.27. The van der Waals surface area contributed by atoms with E-state index in [1.807, 2.05) is 0 Å². The van der Waals surface area contributed by atoms with Gasteiger partial charge in [0.1, 0.15) is 34.7 Å². The molecule has 1 aliphatic heterocycles. The third-order valence-electron chi connectivity index (χ3n) is 3.66. The molecule has 22 heavy (non-hydrogen) atoms. The van der Waals surface area contributed by atoms with Gasteiger partial charge in [0, 0.05) is 17.7 Å². The van der Waals surface area contributed by atoms with E-state index in [-0.39, 0.29) is 29.0 Å². The first-order chi connectivity index (χ1) is 10.6. The molecule has 7 nitrogen and oxygen atoms in total. The molecule has 0 unspecified atom stereocenters. The minimum absolute atomic E-state index is 0.01000. The SMILES string of the molecule is O=Nc1ccc([C@@H]2CCc3c(O)cc(O)cc3O2)cc1N=O. The van der Waals surface area contributed by atoms with Crippen LogP contribution >= 0.6 is 0 Å². The van der Waals surface area contributed by atoms with Crippen molar-refractivity contribution in [3.05, 3.63) is 51.3 Å². The van der Waals surface area contributed by atoms with Crippen molar-refractivity contribution in [1.82, 2.24) is 0 Å². The van der Waals surface area contributed by atoms with Gasteiger partial charge in [-0.05, 0) is 40.9 Å². The summed E-state index contributed by atoms with van der Waals surface area (Å²) in [7, 11) is 0. The number of phenols is 2. The number of benzene rings is 2.